The number of hydrogen-bond donors (Lipinski definition) is 2. The highest BCUT2D eigenvalue weighted by atomic mass is 32.1. The number of imide groups is 1. The lowest BCUT2D eigenvalue weighted by Crippen LogP contribution is -2.44. The van der Waals surface area contributed by atoms with E-state index in [-0.39, 0.29) is 18.5 Å². The van der Waals surface area contributed by atoms with E-state index in [1.165, 1.54) is 11.1 Å². The Morgan fingerprint density at radius 2 is 1.88 bits per heavy atom. The van der Waals surface area contributed by atoms with Crippen molar-refractivity contribution in [3.05, 3.63) is 93.2 Å². The summed E-state index contributed by atoms with van der Waals surface area (Å²) < 4.78 is 0. The number of hydrogen-bond acceptors (Lipinski definition) is 4. The molecule has 0 bridgehead atoms. The first-order valence-corrected chi connectivity index (χ1v) is 12.0. The number of fused-ring (bicyclic) bond motifs is 1. The summed E-state index contributed by atoms with van der Waals surface area (Å²) in [6.45, 7) is 1.38. The molecule has 7 heteroatoms. The molecule has 2 N–H and O–H groups in total. The number of carbonyl (C=O) groups is 3. The molecular formula is C26H25N3O3S. The van der Waals surface area contributed by atoms with Crippen LogP contribution in [0.25, 0.3) is 0 Å². The molecule has 1 aliphatic carbocycles. The second kappa shape index (κ2) is 8.48. The second-order valence-electron chi connectivity index (χ2n) is 8.71. The van der Waals surface area contributed by atoms with Gasteiger partial charge in [-0.05, 0) is 59.9 Å². The van der Waals surface area contributed by atoms with E-state index in [0.29, 0.717) is 0 Å². The summed E-state index contributed by atoms with van der Waals surface area (Å²) in [5.41, 5.74) is 3.05. The molecule has 4 amide bonds. The Morgan fingerprint density at radius 1 is 1.09 bits per heavy atom. The highest BCUT2D eigenvalue weighted by Crippen LogP contribution is 2.33. The van der Waals surface area contributed by atoms with Crippen molar-refractivity contribution in [2.75, 3.05) is 6.54 Å². The molecule has 1 fully saturated rings. The maximum Gasteiger partial charge on any atom is 0.325 e. The molecule has 2 atom stereocenters. The molecule has 0 saturated carbocycles. The van der Waals surface area contributed by atoms with Gasteiger partial charge in [-0.15, -0.1) is 11.3 Å². The van der Waals surface area contributed by atoms with Gasteiger partial charge >= 0.3 is 6.03 Å². The number of aryl methyl sites for hydroxylation is 2. The fourth-order valence-corrected chi connectivity index (χ4v) is 5.49. The molecule has 0 spiro atoms. The quantitative estimate of drug-likeness (QED) is 0.549. The maximum absolute atomic E-state index is 13.3. The fraction of sp³-hybridized carbons (Fsp3) is 0.269. The topological polar surface area (TPSA) is 78.5 Å². The van der Waals surface area contributed by atoms with Crippen LogP contribution in [0.3, 0.4) is 0 Å². The van der Waals surface area contributed by atoms with Gasteiger partial charge in [-0.3, -0.25) is 14.5 Å². The summed E-state index contributed by atoms with van der Waals surface area (Å²) in [5.74, 6) is -0.799. The van der Waals surface area contributed by atoms with Gasteiger partial charge in [0.25, 0.3) is 5.91 Å². The van der Waals surface area contributed by atoms with Crippen molar-refractivity contribution in [3.63, 3.8) is 0 Å². The smallest absolute Gasteiger partial charge is 0.325 e. The van der Waals surface area contributed by atoms with Crippen LogP contribution in [-0.2, 0) is 28.0 Å². The number of urea groups is 1. The number of nitrogens with one attached hydrogen (secondary N) is 2. The van der Waals surface area contributed by atoms with E-state index in [9.17, 15) is 14.4 Å². The molecule has 2 aliphatic rings. The number of nitrogens with zero attached hydrogens (tertiary/aromatic N) is 1. The summed E-state index contributed by atoms with van der Waals surface area (Å²) in [4.78, 5) is 41.0. The minimum atomic E-state index is -1.18. The number of carbonyl (C=O) groups excluding carboxylic acids is 3. The molecule has 2 aromatic carbocycles. The maximum atomic E-state index is 13.3. The Morgan fingerprint density at radius 3 is 2.64 bits per heavy atom. The molecule has 0 unspecified atom stereocenters. The molecule has 2 heterocycles. The molecule has 3 aromatic rings. The van der Waals surface area contributed by atoms with E-state index in [0.717, 1.165) is 40.2 Å². The molecular weight excluding hydrogens is 434 g/mol. The van der Waals surface area contributed by atoms with Crippen LogP contribution in [0.1, 0.15) is 46.5 Å². The van der Waals surface area contributed by atoms with E-state index >= 15 is 0 Å². The minimum absolute atomic E-state index is 0.333. The number of benzene rings is 2. The minimum Gasteiger partial charge on any atom is -0.343 e. The summed E-state index contributed by atoms with van der Waals surface area (Å²) in [7, 11) is 0. The van der Waals surface area contributed by atoms with Crippen LogP contribution in [0.4, 0.5) is 4.79 Å². The Bertz CT molecular complexity index is 1210. The van der Waals surface area contributed by atoms with Gasteiger partial charge in [-0.1, -0.05) is 54.6 Å². The van der Waals surface area contributed by atoms with Crippen LogP contribution in [0.15, 0.2) is 66.0 Å². The van der Waals surface area contributed by atoms with Crippen molar-refractivity contribution in [2.45, 2.75) is 37.8 Å². The summed E-state index contributed by atoms with van der Waals surface area (Å²) in [6, 6.07) is 18.6. The highest BCUT2D eigenvalue weighted by molar-refractivity contribution is 7.10. The van der Waals surface area contributed by atoms with Crippen molar-refractivity contribution >= 4 is 29.2 Å². The van der Waals surface area contributed by atoms with E-state index in [4.69, 9.17) is 0 Å². The van der Waals surface area contributed by atoms with E-state index < -0.39 is 17.5 Å². The Hall–Kier alpha value is -3.45. The predicted molar refractivity (Wildman–Crippen MR) is 127 cm³/mol. The van der Waals surface area contributed by atoms with Crippen molar-refractivity contribution in [3.8, 4) is 0 Å². The third kappa shape index (κ3) is 3.93. The average Bonchev–Trinajstić information content (AvgIpc) is 3.56. The van der Waals surface area contributed by atoms with Crippen molar-refractivity contribution in [1.82, 2.24) is 15.5 Å². The first kappa shape index (κ1) is 21.4. The number of thiophene rings is 1. The van der Waals surface area contributed by atoms with Gasteiger partial charge in [0.05, 0.1) is 6.04 Å². The normalized spacial score (nSPS) is 20.5. The van der Waals surface area contributed by atoms with Gasteiger partial charge in [0.15, 0.2) is 0 Å². The monoisotopic (exact) mass is 459 g/mol. The molecule has 33 heavy (non-hydrogen) atoms. The van der Waals surface area contributed by atoms with Gasteiger partial charge in [0, 0.05) is 4.88 Å². The lowest BCUT2D eigenvalue weighted by Gasteiger charge is -2.23. The molecule has 1 saturated heterocycles. The highest BCUT2D eigenvalue weighted by Gasteiger charge is 2.49. The molecule has 0 radical (unpaired) electrons. The first-order chi connectivity index (χ1) is 16.0. The van der Waals surface area contributed by atoms with Crippen LogP contribution >= 0.6 is 11.3 Å². The zero-order valence-electron chi connectivity index (χ0n) is 18.3. The SMILES string of the molecule is C[C@]1(c2ccc3c(c2)CCC3)NC(=O)N(CC(=O)N[C@@H](c2ccccc2)c2cccs2)C1=O. The zero-order chi connectivity index (χ0) is 23.0. The van der Waals surface area contributed by atoms with Gasteiger partial charge < -0.3 is 10.6 Å². The van der Waals surface area contributed by atoms with Gasteiger partial charge in [-0.2, -0.15) is 0 Å². The van der Waals surface area contributed by atoms with E-state index in [2.05, 4.69) is 10.6 Å². The first-order valence-electron chi connectivity index (χ1n) is 11.1. The summed E-state index contributed by atoms with van der Waals surface area (Å²) in [6.07, 6.45) is 3.14. The zero-order valence-corrected chi connectivity index (χ0v) is 19.2. The van der Waals surface area contributed by atoms with Gasteiger partial charge in [0.2, 0.25) is 5.91 Å². The predicted octanol–water partition coefficient (Wildman–Crippen LogP) is 3.91. The van der Waals surface area contributed by atoms with Crippen molar-refractivity contribution in [1.29, 1.82) is 0 Å². The van der Waals surface area contributed by atoms with Crippen LogP contribution < -0.4 is 10.6 Å². The Labute approximate surface area is 196 Å². The summed E-state index contributed by atoms with van der Waals surface area (Å²) >= 11 is 1.54. The molecule has 1 aromatic heterocycles. The van der Waals surface area contributed by atoms with E-state index in [1.807, 2.05) is 66.0 Å². The van der Waals surface area contributed by atoms with Crippen LogP contribution in [0.2, 0.25) is 0 Å². The average molecular weight is 460 g/mol. The van der Waals surface area contributed by atoms with Crippen LogP contribution in [0, 0.1) is 0 Å². The van der Waals surface area contributed by atoms with Gasteiger partial charge in [0.1, 0.15) is 12.1 Å². The standard InChI is InChI=1S/C26H25N3O3S/c1-26(20-13-12-17-9-5-10-19(17)15-20)24(31)29(25(32)28-26)16-22(30)27-23(21-11-6-14-33-21)18-7-3-2-4-8-18/h2-4,6-8,11-15,23H,5,9-10,16H2,1H3,(H,27,30)(H,28,32)/t23-,26+/m0/s1. The third-order valence-corrected chi connectivity index (χ3v) is 7.46. The lowest BCUT2D eigenvalue weighted by atomic mass is 9.89. The largest absolute Gasteiger partial charge is 0.343 e. The van der Waals surface area contributed by atoms with Crippen LogP contribution in [0.5, 0.6) is 0 Å². The lowest BCUT2D eigenvalue weighted by molar-refractivity contribution is -0.135. The molecule has 6 nitrogen and oxygen atoms in total. The third-order valence-electron chi connectivity index (χ3n) is 6.52. The van der Waals surface area contributed by atoms with Crippen molar-refractivity contribution < 1.29 is 14.4 Å². The Balaban J connectivity index is 1.34. The van der Waals surface area contributed by atoms with Crippen molar-refractivity contribution in [2.24, 2.45) is 0 Å². The van der Waals surface area contributed by atoms with Gasteiger partial charge in [-0.25, -0.2) is 4.79 Å². The van der Waals surface area contributed by atoms with Crippen LogP contribution in [-0.4, -0.2) is 29.3 Å². The molecule has 1 aliphatic heterocycles. The fourth-order valence-electron chi connectivity index (χ4n) is 4.69. The summed E-state index contributed by atoms with van der Waals surface area (Å²) in [5, 5.41) is 7.77. The Kier molecular flexibility index (Phi) is 5.50. The van der Waals surface area contributed by atoms with E-state index in [1.54, 1.807) is 18.3 Å². The molecule has 5 rings (SSSR count). The second-order valence-corrected chi connectivity index (χ2v) is 9.69. The number of rotatable bonds is 6. The molecule has 168 valence electrons. The number of amides is 4.